The van der Waals surface area contributed by atoms with Crippen molar-refractivity contribution < 1.29 is 9.90 Å². The van der Waals surface area contributed by atoms with Crippen molar-refractivity contribution in [3.05, 3.63) is 35.4 Å². The Labute approximate surface area is 99.5 Å². The van der Waals surface area contributed by atoms with E-state index >= 15 is 0 Å². The zero-order valence-corrected chi connectivity index (χ0v) is 10.1. The number of nitrogens with zero attached hydrogens (tertiary/aromatic N) is 2. The number of carboxylic acid groups (broad SMARTS) is 1. The molecule has 0 bridgehead atoms. The number of para-hydroxylation sites is 1. The predicted molar refractivity (Wildman–Crippen MR) is 67.8 cm³/mol. The van der Waals surface area contributed by atoms with Gasteiger partial charge in [0.1, 0.15) is 11.4 Å². The molecule has 17 heavy (non-hydrogen) atoms. The Morgan fingerprint density at radius 1 is 1.35 bits per heavy atom. The Morgan fingerprint density at radius 2 is 2.06 bits per heavy atom. The molecule has 1 aromatic heterocycles. The van der Waals surface area contributed by atoms with Crippen LogP contribution in [0.5, 0.6) is 0 Å². The van der Waals surface area contributed by atoms with E-state index in [1.165, 1.54) is 0 Å². The summed E-state index contributed by atoms with van der Waals surface area (Å²) in [6.45, 7) is 1.97. The normalized spacial score (nSPS) is 10.5. The van der Waals surface area contributed by atoms with Gasteiger partial charge in [0.2, 0.25) is 0 Å². The molecule has 0 unspecified atom stereocenters. The van der Waals surface area contributed by atoms with Crippen LogP contribution in [0.1, 0.15) is 15.9 Å². The van der Waals surface area contributed by atoms with Crippen LogP contribution in [0.25, 0.3) is 10.9 Å². The van der Waals surface area contributed by atoms with Gasteiger partial charge in [-0.15, -0.1) is 0 Å². The Kier molecular flexibility index (Phi) is 2.71. The lowest BCUT2D eigenvalue weighted by Crippen LogP contribution is -2.16. The highest BCUT2D eigenvalue weighted by Gasteiger charge is 2.15. The molecule has 1 N–H and O–H groups in total. The predicted octanol–water partition coefficient (Wildman–Crippen LogP) is 2.31. The zero-order valence-electron chi connectivity index (χ0n) is 10.1. The molecule has 4 heteroatoms. The number of anilines is 1. The molecule has 0 fully saturated rings. The first-order chi connectivity index (χ1) is 8.00. The molecule has 0 radical (unpaired) electrons. The van der Waals surface area contributed by atoms with Crippen molar-refractivity contribution >= 4 is 22.7 Å². The van der Waals surface area contributed by atoms with Crippen molar-refractivity contribution in [1.29, 1.82) is 0 Å². The van der Waals surface area contributed by atoms with Gasteiger partial charge in [-0.2, -0.15) is 0 Å². The molecule has 0 saturated carbocycles. The van der Waals surface area contributed by atoms with E-state index in [0.717, 1.165) is 16.5 Å². The average Bonchev–Trinajstić information content (AvgIpc) is 2.27. The molecule has 4 nitrogen and oxygen atoms in total. The molecule has 2 aromatic rings. The maximum atomic E-state index is 11.2. The van der Waals surface area contributed by atoms with Crippen LogP contribution < -0.4 is 4.90 Å². The summed E-state index contributed by atoms with van der Waals surface area (Å²) in [4.78, 5) is 17.3. The maximum Gasteiger partial charge on any atom is 0.339 e. The average molecular weight is 230 g/mol. The zero-order chi connectivity index (χ0) is 12.6. The highest BCUT2D eigenvalue weighted by molar-refractivity contribution is 5.98. The van der Waals surface area contributed by atoms with E-state index in [4.69, 9.17) is 0 Å². The monoisotopic (exact) mass is 230 g/mol. The summed E-state index contributed by atoms with van der Waals surface area (Å²) in [5, 5.41) is 10.0. The topological polar surface area (TPSA) is 53.4 Å². The van der Waals surface area contributed by atoms with Crippen molar-refractivity contribution in [2.45, 2.75) is 6.92 Å². The first-order valence-corrected chi connectivity index (χ1v) is 5.31. The van der Waals surface area contributed by atoms with E-state index in [1.807, 2.05) is 25.1 Å². The van der Waals surface area contributed by atoms with Crippen molar-refractivity contribution in [2.24, 2.45) is 0 Å². The number of aromatic carboxylic acids is 1. The van der Waals surface area contributed by atoms with Crippen molar-refractivity contribution in [3.8, 4) is 0 Å². The number of carboxylic acids is 1. The van der Waals surface area contributed by atoms with Gasteiger partial charge in [0.15, 0.2) is 0 Å². The first-order valence-electron chi connectivity index (χ1n) is 5.31. The second kappa shape index (κ2) is 4.05. The third-order valence-corrected chi connectivity index (χ3v) is 2.68. The van der Waals surface area contributed by atoms with Gasteiger partial charge in [-0.3, -0.25) is 0 Å². The Morgan fingerprint density at radius 3 is 2.65 bits per heavy atom. The van der Waals surface area contributed by atoms with E-state index in [1.54, 1.807) is 25.1 Å². The molecule has 0 saturated heterocycles. The third kappa shape index (κ3) is 1.93. The van der Waals surface area contributed by atoms with E-state index in [2.05, 4.69) is 4.98 Å². The first kappa shape index (κ1) is 11.4. The lowest BCUT2D eigenvalue weighted by molar-refractivity contribution is 0.0697. The summed E-state index contributed by atoms with van der Waals surface area (Å²) in [5.74, 6) is -0.469. The van der Waals surface area contributed by atoms with Gasteiger partial charge in [-0.05, 0) is 18.6 Å². The molecule has 1 heterocycles. The van der Waals surface area contributed by atoms with Crippen LogP contribution in [0, 0.1) is 6.92 Å². The van der Waals surface area contributed by atoms with Gasteiger partial charge in [-0.1, -0.05) is 18.2 Å². The van der Waals surface area contributed by atoms with Gasteiger partial charge in [0.25, 0.3) is 0 Å². The molecular formula is C13H14N2O2. The molecule has 0 aliphatic rings. The lowest BCUT2D eigenvalue weighted by atomic mass is 10.1. The minimum atomic E-state index is -0.954. The number of carbonyl (C=O) groups is 1. The van der Waals surface area contributed by atoms with Gasteiger partial charge < -0.3 is 10.0 Å². The van der Waals surface area contributed by atoms with Crippen LogP contribution in [0.15, 0.2) is 24.3 Å². The fourth-order valence-electron chi connectivity index (χ4n) is 1.84. The summed E-state index contributed by atoms with van der Waals surface area (Å²) in [5.41, 5.74) is 2.12. The lowest BCUT2D eigenvalue weighted by Gasteiger charge is -2.15. The Hall–Kier alpha value is -2.10. The fourth-order valence-corrected chi connectivity index (χ4v) is 1.84. The molecule has 2 rings (SSSR count). The third-order valence-electron chi connectivity index (χ3n) is 2.68. The van der Waals surface area contributed by atoms with Gasteiger partial charge in [0.05, 0.1) is 5.52 Å². The molecule has 0 aliphatic heterocycles. The van der Waals surface area contributed by atoms with Crippen LogP contribution in [0.3, 0.4) is 0 Å². The van der Waals surface area contributed by atoms with Crippen LogP contribution in [-0.2, 0) is 0 Å². The quantitative estimate of drug-likeness (QED) is 0.860. The fraction of sp³-hybridized carbons (Fsp3) is 0.231. The van der Waals surface area contributed by atoms with E-state index in [0.29, 0.717) is 5.82 Å². The standard InChI is InChI=1S/C13H14N2O2/c1-8-5-4-6-9-7-10(13(16)17)12(15(2)3)14-11(8)9/h4-7H,1-3H3,(H,16,17). The highest BCUT2D eigenvalue weighted by Crippen LogP contribution is 2.24. The van der Waals surface area contributed by atoms with E-state index in [-0.39, 0.29) is 5.56 Å². The highest BCUT2D eigenvalue weighted by atomic mass is 16.4. The summed E-state index contributed by atoms with van der Waals surface area (Å²) < 4.78 is 0. The Balaban J connectivity index is 2.82. The molecule has 0 atom stereocenters. The number of rotatable bonds is 2. The van der Waals surface area contributed by atoms with Crippen molar-refractivity contribution in [3.63, 3.8) is 0 Å². The number of fused-ring (bicyclic) bond motifs is 1. The molecule has 0 aliphatic carbocycles. The Bertz CT molecular complexity index is 591. The molecule has 0 spiro atoms. The number of pyridine rings is 1. The SMILES string of the molecule is Cc1cccc2cc(C(=O)O)c(N(C)C)nc12. The van der Waals surface area contributed by atoms with Crippen molar-refractivity contribution in [1.82, 2.24) is 4.98 Å². The van der Waals surface area contributed by atoms with E-state index in [9.17, 15) is 9.90 Å². The minimum Gasteiger partial charge on any atom is -0.478 e. The molecule has 88 valence electrons. The smallest absolute Gasteiger partial charge is 0.339 e. The number of benzene rings is 1. The van der Waals surface area contributed by atoms with Crippen LogP contribution in [-0.4, -0.2) is 30.2 Å². The molecular weight excluding hydrogens is 216 g/mol. The largest absolute Gasteiger partial charge is 0.478 e. The number of aromatic nitrogens is 1. The summed E-state index contributed by atoms with van der Waals surface area (Å²) in [6, 6.07) is 7.42. The number of aryl methyl sites for hydroxylation is 1. The van der Waals surface area contributed by atoms with Crippen LogP contribution in [0.2, 0.25) is 0 Å². The van der Waals surface area contributed by atoms with Gasteiger partial charge in [-0.25, -0.2) is 9.78 Å². The number of hydrogen-bond donors (Lipinski definition) is 1. The van der Waals surface area contributed by atoms with Crippen LogP contribution >= 0.6 is 0 Å². The maximum absolute atomic E-state index is 11.2. The van der Waals surface area contributed by atoms with Gasteiger partial charge in [0, 0.05) is 19.5 Å². The summed E-state index contributed by atoms with van der Waals surface area (Å²) in [7, 11) is 3.58. The summed E-state index contributed by atoms with van der Waals surface area (Å²) in [6.07, 6.45) is 0. The van der Waals surface area contributed by atoms with Gasteiger partial charge >= 0.3 is 5.97 Å². The van der Waals surface area contributed by atoms with Crippen LogP contribution in [0.4, 0.5) is 5.82 Å². The summed E-state index contributed by atoms with van der Waals surface area (Å²) >= 11 is 0. The minimum absolute atomic E-state index is 0.230. The molecule has 0 amide bonds. The van der Waals surface area contributed by atoms with E-state index < -0.39 is 5.97 Å². The van der Waals surface area contributed by atoms with Crippen molar-refractivity contribution in [2.75, 3.05) is 19.0 Å². The second-order valence-corrected chi connectivity index (χ2v) is 4.21. The number of hydrogen-bond acceptors (Lipinski definition) is 3. The molecule has 1 aromatic carbocycles. The second-order valence-electron chi connectivity index (χ2n) is 4.21.